The molecule has 37 heavy (non-hydrogen) atoms. The van der Waals surface area contributed by atoms with E-state index in [4.69, 9.17) is 21.1 Å². The first-order chi connectivity index (χ1) is 17.8. The predicted octanol–water partition coefficient (Wildman–Crippen LogP) is 5.25. The molecule has 0 aromatic heterocycles. The standard InChI is InChI=1S/C28H24ClNO7/c1-3-14-37-28(35)17-4-9-19(10-5-17)30-24(16-6-11-20(31)12-7-16)23(26(33)27(30)34)25(32)21-15-18(29)8-13-22(21)36-2/h4-13,15,24,31-32H,3,14H2,1-2H3/b25-23+. The van der Waals surface area contributed by atoms with E-state index in [-0.39, 0.29) is 29.2 Å². The van der Waals surface area contributed by atoms with Crippen molar-refractivity contribution in [3.05, 3.63) is 94.0 Å². The fourth-order valence-electron chi connectivity index (χ4n) is 4.12. The fraction of sp³-hybridized carbons (Fsp3) is 0.179. The third kappa shape index (κ3) is 5.01. The number of methoxy groups -OCH3 is 1. The molecule has 1 aliphatic rings. The van der Waals surface area contributed by atoms with E-state index < -0.39 is 29.5 Å². The molecule has 1 unspecified atom stereocenters. The van der Waals surface area contributed by atoms with Gasteiger partial charge in [0.2, 0.25) is 0 Å². The highest BCUT2D eigenvalue weighted by Crippen LogP contribution is 2.43. The lowest BCUT2D eigenvalue weighted by molar-refractivity contribution is -0.132. The maximum Gasteiger partial charge on any atom is 0.338 e. The summed E-state index contributed by atoms with van der Waals surface area (Å²) in [7, 11) is 1.41. The number of esters is 1. The average molecular weight is 522 g/mol. The van der Waals surface area contributed by atoms with Gasteiger partial charge >= 0.3 is 5.97 Å². The van der Waals surface area contributed by atoms with Crippen LogP contribution in [-0.4, -0.2) is 41.6 Å². The van der Waals surface area contributed by atoms with Crippen LogP contribution in [0, 0.1) is 0 Å². The zero-order valence-electron chi connectivity index (χ0n) is 20.1. The second kappa shape index (κ2) is 10.8. The van der Waals surface area contributed by atoms with Crippen molar-refractivity contribution in [3.8, 4) is 11.5 Å². The molecule has 9 heteroatoms. The van der Waals surface area contributed by atoms with Crippen molar-refractivity contribution in [2.75, 3.05) is 18.6 Å². The lowest BCUT2D eigenvalue weighted by Gasteiger charge is -2.25. The second-order valence-corrected chi connectivity index (χ2v) is 8.72. The van der Waals surface area contributed by atoms with Gasteiger partial charge in [-0.2, -0.15) is 0 Å². The molecular formula is C28H24ClNO7. The number of anilines is 1. The van der Waals surface area contributed by atoms with Gasteiger partial charge in [-0.3, -0.25) is 14.5 Å². The first-order valence-electron chi connectivity index (χ1n) is 11.5. The topological polar surface area (TPSA) is 113 Å². The van der Waals surface area contributed by atoms with Crippen molar-refractivity contribution in [1.82, 2.24) is 0 Å². The molecule has 1 amide bonds. The van der Waals surface area contributed by atoms with Crippen LogP contribution in [0.5, 0.6) is 11.5 Å². The molecule has 3 aromatic carbocycles. The number of rotatable bonds is 7. The molecule has 1 saturated heterocycles. The van der Waals surface area contributed by atoms with Gasteiger partial charge in [0.05, 0.1) is 36.5 Å². The molecule has 0 radical (unpaired) electrons. The van der Waals surface area contributed by atoms with Gasteiger partial charge in [-0.25, -0.2) is 4.79 Å². The minimum Gasteiger partial charge on any atom is -0.508 e. The van der Waals surface area contributed by atoms with E-state index in [0.29, 0.717) is 28.3 Å². The van der Waals surface area contributed by atoms with Crippen LogP contribution in [0.15, 0.2) is 72.3 Å². The summed E-state index contributed by atoms with van der Waals surface area (Å²) in [5, 5.41) is 21.4. The maximum atomic E-state index is 13.3. The van der Waals surface area contributed by atoms with E-state index in [1.54, 1.807) is 24.3 Å². The number of amides is 1. The molecule has 8 nitrogen and oxygen atoms in total. The van der Waals surface area contributed by atoms with Crippen LogP contribution >= 0.6 is 11.6 Å². The summed E-state index contributed by atoms with van der Waals surface area (Å²) < 4.78 is 10.5. The molecule has 1 aliphatic heterocycles. The molecule has 0 bridgehead atoms. The quantitative estimate of drug-likeness (QED) is 0.189. The van der Waals surface area contributed by atoms with Crippen LogP contribution in [0.3, 0.4) is 0 Å². The largest absolute Gasteiger partial charge is 0.508 e. The van der Waals surface area contributed by atoms with Gasteiger partial charge in [0.25, 0.3) is 11.7 Å². The average Bonchev–Trinajstić information content (AvgIpc) is 3.17. The number of hydrogen-bond acceptors (Lipinski definition) is 7. The van der Waals surface area contributed by atoms with E-state index in [2.05, 4.69) is 0 Å². The number of halogens is 1. The molecule has 3 aromatic rings. The molecular weight excluding hydrogens is 498 g/mol. The number of hydrogen-bond donors (Lipinski definition) is 2. The molecule has 1 heterocycles. The SMILES string of the molecule is CCCOC(=O)c1ccc(N2C(=O)C(=O)/C(=C(/O)c3cc(Cl)ccc3OC)C2c2ccc(O)cc2)cc1. The van der Waals surface area contributed by atoms with Gasteiger partial charge in [-0.15, -0.1) is 0 Å². The Labute approximate surface area is 218 Å². The second-order valence-electron chi connectivity index (χ2n) is 8.29. The normalized spacial score (nSPS) is 16.6. The Balaban J connectivity index is 1.86. The third-order valence-electron chi connectivity index (χ3n) is 5.89. The number of ether oxygens (including phenoxy) is 2. The van der Waals surface area contributed by atoms with Crippen LogP contribution in [-0.2, 0) is 14.3 Å². The molecule has 0 aliphatic carbocycles. The number of carbonyl (C=O) groups is 3. The molecule has 1 fully saturated rings. The Morgan fingerprint density at radius 2 is 1.70 bits per heavy atom. The fourth-order valence-corrected chi connectivity index (χ4v) is 4.29. The van der Waals surface area contributed by atoms with Gasteiger partial charge in [0.15, 0.2) is 0 Å². The highest BCUT2D eigenvalue weighted by Gasteiger charge is 2.47. The van der Waals surface area contributed by atoms with Crippen molar-refractivity contribution in [2.24, 2.45) is 0 Å². The lowest BCUT2D eigenvalue weighted by Crippen LogP contribution is -2.29. The monoisotopic (exact) mass is 521 g/mol. The van der Waals surface area contributed by atoms with Crippen molar-refractivity contribution < 1.29 is 34.1 Å². The van der Waals surface area contributed by atoms with Crippen LogP contribution in [0.2, 0.25) is 5.02 Å². The Morgan fingerprint density at radius 3 is 2.32 bits per heavy atom. The summed E-state index contributed by atoms with van der Waals surface area (Å²) >= 11 is 6.14. The molecule has 0 saturated carbocycles. The number of nitrogens with zero attached hydrogens (tertiary/aromatic N) is 1. The van der Waals surface area contributed by atoms with Crippen molar-refractivity contribution >= 4 is 40.7 Å². The highest BCUT2D eigenvalue weighted by molar-refractivity contribution is 6.51. The summed E-state index contributed by atoms with van der Waals surface area (Å²) in [5.74, 6) is -2.50. The number of Topliss-reactive ketones (excluding diaryl/α,β-unsaturated/α-hetero) is 1. The number of phenols is 1. The first kappa shape index (κ1) is 25.8. The van der Waals surface area contributed by atoms with Crippen molar-refractivity contribution in [3.63, 3.8) is 0 Å². The zero-order chi connectivity index (χ0) is 26.7. The van der Waals surface area contributed by atoms with Crippen molar-refractivity contribution in [1.29, 1.82) is 0 Å². The van der Waals surface area contributed by atoms with E-state index in [9.17, 15) is 24.6 Å². The Bertz CT molecular complexity index is 1380. The summed E-state index contributed by atoms with van der Waals surface area (Å²) in [5.41, 5.74) is 1.04. The Kier molecular flexibility index (Phi) is 7.50. The van der Waals surface area contributed by atoms with Crippen molar-refractivity contribution in [2.45, 2.75) is 19.4 Å². The minimum absolute atomic E-state index is 0.00726. The summed E-state index contributed by atoms with van der Waals surface area (Å²) in [6.07, 6.45) is 0.679. The van der Waals surface area contributed by atoms with Gasteiger partial charge in [-0.1, -0.05) is 30.7 Å². The van der Waals surface area contributed by atoms with Crippen LogP contribution in [0.25, 0.3) is 5.76 Å². The van der Waals surface area contributed by atoms with E-state index in [0.717, 1.165) is 0 Å². The third-order valence-corrected chi connectivity index (χ3v) is 6.12. The molecule has 4 rings (SSSR count). The first-order valence-corrected chi connectivity index (χ1v) is 11.9. The van der Waals surface area contributed by atoms with E-state index in [1.807, 2.05) is 6.92 Å². The summed E-state index contributed by atoms with van der Waals surface area (Å²) in [6, 6.07) is 15.5. The Hall–Kier alpha value is -4.30. The highest BCUT2D eigenvalue weighted by atomic mass is 35.5. The van der Waals surface area contributed by atoms with Gasteiger partial charge in [0, 0.05) is 10.7 Å². The number of carbonyl (C=O) groups excluding carboxylic acids is 3. The number of ketones is 1. The van der Waals surface area contributed by atoms with Gasteiger partial charge in [-0.05, 0) is 66.6 Å². The lowest BCUT2D eigenvalue weighted by atomic mass is 9.94. The predicted molar refractivity (Wildman–Crippen MR) is 138 cm³/mol. The smallest absolute Gasteiger partial charge is 0.338 e. The molecule has 0 spiro atoms. The number of benzene rings is 3. The summed E-state index contributed by atoms with van der Waals surface area (Å²) in [6.45, 7) is 2.17. The molecule has 190 valence electrons. The molecule has 2 N–H and O–H groups in total. The van der Waals surface area contributed by atoms with E-state index in [1.165, 1.54) is 54.5 Å². The number of aromatic hydroxyl groups is 1. The van der Waals surface area contributed by atoms with Gasteiger partial charge in [0.1, 0.15) is 17.3 Å². The Morgan fingerprint density at radius 1 is 1.03 bits per heavy atom. The minimum atomic E-state index is -1.04. The van der Waals surface area contributed by atoms with Crippen LogP contribution in [0.4, 0.5) is 5.69 Å². The van der Waals surface area contributed by atoms with Crippen LogP contribution < -0.4 is 9.64 Å². The zero-order valence-corrected chi connectivity index (χ0v) is 20.9. The number of phenolic OH excluding ortho intramolecular Hbond substituents is 1. The summed E-state index contributed by atoms with van der Waals surface area (Å²) in [4.78, 5) is 40.1. The number of aliphatic hydroxyl groups is 1. The maximum absolute atomic E-state index is 13.3. The van der Waals surface area contributed by atoms with Crippen LogP contribution in [0.1, 0.15) is 40.9 Å². The van der Waals surface area contributed by atoms with Gasteiger partial charge < -0.3 is 19.7 Å². The van der Waals surface area contributed by atoms with E-state index >= 15 is 0 Å². The molecule has 1 atom stereocenters. The number of aliphatic hydroxyl groups excluding tert-OH is 1.